The highest BCUT2D eigenvalue weighted by Gasteiger charge is 2.10. The highest BCUT2D eigenvalue weighted by molar-refractivity contribution is 5.81. The Labute approximate surface area is 100 Å². The number of hydrogen-bond acceptors (Lipinski definition) is 3. The Bertz CT molecular complexity index is 490. The standard InChI is InChI=1S/C13H15N3O/c14-7-6-12-9-15-10-16(12)13(17)8-11-4-2-1-3-5-11/h1-5,9-10H,6-8,14H2. The van der Waals surface area contributed by atoms with Crippen LogP contribution in [0.5, 0.6) is 0 Å². The van der Waals surface area contributed by atoms with E-state index in [1.54, 1.807) is 17.1 Å². The lowest BCUT2D eigenvalue weighted by Gasteiger charge is -2.05. The molecule has 0 saturated heterocycles. The van der Waals surface area contributed by atoms with Crippen molar-refractivity contribution >= 4 is 5.91 Å². The molecule has 0 saturated carbocycles. The van der Waals surface area contributed by atoms with Gasteiger partial charge in [0.15, 0.2) is 0 Å². The molecule has 2 rings (SSSR count). The van der Waals surface area contributed by atoms with Gasteiger partial charge in [-0.2, -0.15) is 0 Å². The maximum absolute atomic E-state index is 12.1. The average molecular weight is 229 g/mol. The van der Waals surface area contributed by atoms with Gasteiger partial charge in [0.05, 0.1) is 6.42 Å². The first kappa shape index (κ1) is 11.5. The first-order valence-electron chi connectivity index (χ1n) is 5.59. The zero-order valence-corrected chi connectivity index (χ0v) is 9.54. The molecule has 0 bridgehead atoms. The predicted molar refractivity (Wildman–Crippen MR) is 65.8 cm³/mol. The highest BCUT2D eigenvalue weighted by Crippen LogP contribution is 2.05. The zero-order valence-electron chi connectivity index (χ0n) is 9.54. The molecule has 88 valence electrons. The summed E-state index contributed by atoms with van der Waals surface area (Å²) >= 11 is 0. The molecule has 4 nitrogen and oxygen atoms in total. The van der Waals surface area contributed by atoms with Crippen LogP contribution in [0.1, 0.15) is 16.1 Å². The van der Waals surface area contributed by atoms with E-state index in [2.05, 4.69) is 4.98 Å². The van der Waals surface area contributed by atoms with Crippen LogP contribution < -0.4 is 5.73 Å². The van der Waals surface area contributed by atoms with E-state index in [9.17, 15) is 4.79 Å². The molecule has 0 atom stereocenters. The minimum Gasteiger partial charge on any atom is -0.330 e. The van der Waals surface area contributed by atoms with E-state index in [1.807, 2.05) is 30.3 Å². The maximum Gasteiger partial charge on any atom is 0.236 e. The van der Waals surface area contributed by atoms with Gasteiger partial charge < -0.3 is 5.73 Å². The third-order valence-electron chi connectivity index (χ3n) is 2.58. The first-order valence-corrected chi connectivity index (χ1v) is 5.59. The molecular formula is C13H15N3O. The summed E-state index contributed by atoms with van der Waals surface area (Å²) in [6.45, 7) is 0.518. The van der Waals surface area contributed by atoms with E-state index < -0.39 is 0 Å². The van der Waals surface area contributed by atoms with E-state index in [1.165, 1.54) is 0 Å². The number of aromatic nitrogens is 2. The van der Waals surface area contributed by atoms with Crippen molar-refractivity contribution in [3.8, 4) is 0 Å². The molecule has 17 heavy (non-hydrogen) atoms. The second-order valence-electron chi connectivity index (χ2n) is 3.85. The zero-order chi connectivity index (χ0) is 12.1. The first-order chi connectivity index (χ1) is 8.31. The van der Waals surface area contributed by atoms with Crippen LogP contribution in [0.25, 0.3) is 0 Å². The van der Waals surface area contributed by atoms with Gasteiger partial charge >= 0.3 is 0 Å². The molecule has 2 aromatic rings. The summed E-state index contributed by atoms with van der Waals surface area (Å²) < 4.78 is 1.58. The Balaban J connectivity index is 2.12. The maximum atomic E-state index is 12.1. The van der Waals surface area contributed by atoms with Crippen molar-refractivity contribution in [2.24, 2.45) is 5.73 Å². The van der Waals surface area contributed by atoms with Gasteiger partial charge in [-0.15, -0.1) is 0 Å². The van der Waals surface area contributed by atoms with Crippen molar-refractivity contribution in [2.75, 3.05) is 6.54 Å². The second kappa shape index (κ2) is 5.41. The largest absolute Gasteiger partial charge is 0.330 e. The molecule has 1 aromatic heterocycles. The van der Waals surface area contributed by atoms with Crippen LogP contribution in [0, 0.1) is 0 Å². The van der Waals surface area contributed by atoms with Crippen molar-refractivity contribution in [3.05, 3.63) is 54.1 Å². The molecule has 0 unspecified atom stereocenters. The molecule has 0 amide bonds. The van der Waals surface area contributed by atoms with Crippen LogP contribution in [0.15, 0.2) is 42.9 Å². The van der Waals surface area contributed by atoms with E-state index in [0.717, 1.165) is 11.3 Å². The fraction of sp³-hybridized carbons (Fsp3) is 0.231. The van der Waals surface area contributed by atoms with Crippen molar-refractivity contribution < 1.29 is 4.79 Å². The lowest BCUT2D eigenvalue weighted by molar-refractivity contribution is 0.0911. The van der Waals surface area contributed by atoms with Crippen LogP contribution in [0.4, 0.5) is 0 Å². The summed E-state index contributed by atoms with van der Waals surface area (Å²) in [5.74, 6) is 0.0251. The number of nitrogens with zero attached hydrogens (tertiary/aromatic N) is 2. The molecule has 0 fully saturated rings. The Kier molecular flexibility index (Phi) is 3.67. The van der Waals surface area contributed by atoms with E-state index in [-0.39, 0.29) is 5.91 Å². The fourth-order valence-corrected chi connectivity index (χ4v) is 1.74. The van der Waals surface area contributed by atoms with Gasteiger partial charge in [0.25, 0.3) is 0 Å². The van der Waals surface area contributed by atoms with Crippen LogP contribution in [0.3, 0.4) is 0 Å². The third-order valence-corrected chi connectivity index (χ3v) is 2.58. The number of nitrogens with two attached hydrogens (primary N) is 1. The van der Waals surface area contributed by atoms with Crippen molar-refractivity contribution in [1.82, 2.24) is 9.55 Å². The Hall–Kier alpha value is -1.94. The van der Waals surface area contributed by atoms with Gasteiger partial charge in [-0.1, -0.05) is 30.3 Å². The van der Waals surface area contributed by atoms with Crippen LogP contribution in [-0.2, 0) is 12.8 Å². The number of benzene rings is 1. The lowest BCUT2D eigenvalue weighted by Crippen LogP contribution is -2.17. The van der Waals surface area contributed by atoms with Crippen molar-refractivity contribution in [1.29, 1.82) is 0 Å². The van der Waals surface area contributed by atoms with Gasteiger partial charge in [0.2, 0.25) is 5.91 Å². The lowest BCUT2D eigenvalue weighted by atomic mass is 10.1. The monoisotopic (exact) mass is 229 g/mol. The van der Waals surface area contributed by atoms with Crippen LogP contribution >= 0.6 is 0 Å². The average Bonchev–Trinajstić information content (AvgIpc) is 2.79. The number of rotatable bonds is 4. The Morgan fingerprint density at radius 3 is 2.76 bits per heavy atom. The molecule has 0 aliphatic heterocycles. The molecule has 0 radical (unpaired) electrons. The molecule has 4 heteroatoms. The molecule has 0 aliphatic rings. The van der Waals surface area contributed by atoms with Gasteiger partial charge in [0.1, 0.15) is 6.33 Å². The van der Waals surface area contributed by atoms with Gasteiger partial charge in [-0.25, -0.2) is 4.98 Å². The summed E-state index contributed by atoms with van der Waals surface area (Å²) in [6, 6.07) is 9.68. The number of carbonyl (C=O) groups excluding carboxylic acids is 1. The smallest absolute Gasteiger partial charge is 0.236 e. The van der Waals surface area contributed by atoms with Gasteiger partial charge in [-0.3, -0.25) is 9.36 Å². The van der Waals surface area contributed by atoms with E-state index in [0.29, 0.717) is 19.4 Å². The quantitative estimate of drug-likeness (QED) is 0.858. The van der Waals surface area contributed by atoms with Crippen LogP contribution in [-0.4, -0.2) is 22.0 Å². The molecule has 0 aliphatic carbocycles. The van der Waals surface area contributed by atoms with Gasteiger partial charge in [-0.05, 0) is 12.1 Å². The predicted octanol–water partition coefficient (Wildman–Crippen LogP) is 1.27. The molecule has 1 aromatic carbocycles. The molecule has 1 heterocycles. The Morgan fingerprint density at radius 2 is 2.06 bits per heavy atom. The highest BCUT2D eigenvalue weighted by atomic mass is 16.2. The minimum absolute atomic E-state index is 0.0251. The molecule has 2 N–H and O–H groups in total. The number of imidazole rings is 1. The summed E-state index contributed by atoms with van der Waals surface area (Å²) in [7, 11) is 0. The fourth-order valence-electron chi connectivity index (χ4n) is 1.74. The van der Waals surface area contributed by atoms with Crippen molar-refractivity contribution in [3.63, 3.8) is 0 Å². The topological polar surface area (TPSA) is 60.9 Å². The number of carbonyl (C=O) groups is 1. The summed E-state index contributed by atoms with van der Waals surface area (Å²) in [4.78, 5) is 16.0. The number of hydrogen-bond donors (Lipinski definition) is 1. The second-order valence-corrected chi connectivity index (χ2v) is 3.85. The normalized spacial score (nSPS) is 10.4. The summed E-state index contributed by atoms with van der Waals surface area (Å²) in [6.07, 6.45) is 4.29. The molecule has 0 spiro atoms. The van der Waals surface area contributed by atoms with E-state index >= 15 is 0 Å². The summed E-state index contributed by atoms with van der Waals surface area (Å²) in [5, 5.41) is 0. The summed E-state index contributed by atoms with van der Waals surface area (Å²) in [5.41, 5.74) is 7.36. The van der Waals surface area contributed by atoms with Crippen LogP contribution in [0.2, 0.25) is 0 Å². The third kappa shape index (κ3) is 2.79. The Morgan fingerprint density at radius 1 is 1.29 bits per heavy atom. The van der Waals surface area contributed by atoms with Gasteiger partial charge in [0, 0.05) is 18.3 Å². The minimum atomic E-state index is 0.0251. The van der Waals surface area contributed by atoms with Crippen molar-refractivity contribution in [2.45, 2.75) is 12.8 Å². The molecular weight excluding hydrogens is 214 g/mol. The SMILES string of the molecule is NCCc1cncn1C(=O)Cc1ccccc1. The van der Waals surface area contributed by atoms with E-state index in [4.69, 9.17) is 5.73 Å².